The molecule has 0 spiro atoms. The van der Waals surface area contributed by atoms with Crippen molar-refractivity contribution < 1.29 is 4.79 Å². The molecule has 0 aliphatic heterocycles. The summed E-state index contributed by atoms with van der Waals surface area (Å²) in [6, 6.07) is 5.77. The van der Waals surface area contributed by atoms with Crippen molar-refractivity contribution in [1.82, 2.24) is 30.0 Å². The van der Waals surface area contributed by atoms with Crippen molar-refractivity contribution in [2.45, 2.75) is 26.8 Å². The SMILES string of the molecule is Cc1cc(C)n([C@H](C)CNC(=O)c2cnc(-c3cccnc3)nc2)n1. The molecule has 0 aromatic carbocycles. The van der Waals surface area contributed by atoms with Crippen molar-refractivity contribution in [3.63, 3.8) is 0 Å². The van der Waals surface area contributed by atoms with E-state index in [0.717, 1.165) is 17.0 Å². The summed E-state index contributed by atoms with van der Waals surface area (Å²) in [7, 11) is 0. The van der Waals surface area contributed by atoms with Crippen LogP contribution in [0.1, 0.15) is 34.7 Å². The van der Waals surface area contributed by atoms with Crippen molar-refractivity contribution in [2.75, 3.05) is 6.54 Å². The number of aryl methyl sites for hydroxylation is 2. The molecule has 25 heavy (non-hydrogen) atoms. The van der Waals surface area contributed by atoms with Crippen molar-refractivity contribution in [2.24, 2.45) is 0 Å². The van der Waals surface area contributed by atoms with Crippen LogP contribution < -0.4 is 5.32 Å². The molecule has 3 heterocycles. The minimum absolute atomic E-state index is 0.0632. The topological polar surface area (TPSA) is 85.6 Å². The molecule has 3 aromatic rings. The number of amides is 1. The lowest BCUT2D eigenvalue weighted by Crippen LogP contribution is -2.30. The number of aromatic nitrogens is 5. The molecule has 7 heteroatoms. The Morgan fingerprint density at radius 2 is 2.00 bits per heavy atom. The molecule has 0 saturated carbocycles. The van der Waals surface area contributed by atoms with Gasteiger partial charge in [0.1, 0.15) is 0 Å². The minimum atomic E-state index is -0.203. The lowest BCUT2D eigenvalue weighted by Gasteiger charge is -2.15. The first-order chi connectivity index (χ1) is 12.0. The van der Waals surface area contributed by atoms with E-state index in [-0.39, 0.29) is 11.9 Å². The van der Waals surface area contributed by atoms with Gasteiger partial charge in [-0.05, 0) is 39.0 Å². The molecule has 0 bridgehead atoms. The third-order valence-corrected chi connectivity index (χ3v) is 3.85. The van der Waals surface area contributed by atoms with Crippen LogP contribution in [0.25, 0.3) is 11.4 Å². The summed E-state index contributed by atoms with van der Waals surface area (Å²) >= 11 is 0. The molecule has 7 nitrogen and oxygen atoms in total. The highest BCUT2D eigenvalue weighted by molar-refractivity contribution is 5.93. The van der Waals surface area contributed by atoms with Crippen molar-refractivity contribution in [3.05, 3.63) is 59.9 Å². The van der Waals surface area contributed by atoms with E-state index < -0.39 is 0 Å². The summed E-state index contributed by atoms with van der Waals surface area (Å²) < 4.78 is 1.91. The lowest BCUT2D eigenvalue weighted by atomic mass is 10.2. The highest BCUT2D eigenvalue weighted by atomic mass is 16.1. The normalized spacial score (nSPS) is 12.0. The van der Waals surface area contributed by atoms with Crippen LogP contribution in [0.2, 0.25) is 0 Å². The smallest absolute Gasteiger partial charge is 0.254 e. The number of hydrogen-bond acceptors (Lipinski definition) is 5. The van der Waals surface area contributed by atoms with E-state index in [9.17, 15) is 4.79 Å². The zero-order chi connectivity index (χ0) is 17.8. The van der Waals surface area contributed by atoms with Crippen LogP contribution in [-0.4, -0.2) is 37.2 Å². The second kappa shape index (κ2) is 7.21. The third-order valence-electron chi connectivity index (χ3n) is 3.85. The van der Waals surface area contributed by atoms with Crippen molar-refractivity contribution in [3.8, 4) is 11.4 Å². The predicted octanol–water partition coefficient (Wildman–Crippen LogP) is 2.34. The quantitative estimate of drug-likeness (QED) is 0.773. The second-order valence-electron chi connectivity index (χ2n) is 5.97. The summed E-state index contributed by atoms with van der Waals surface area (Å²) in [6.45, 7) is 6.45. The number of hydrogen-bond donors (Lipinski definition) is 1. The van der Waals surface area contributed by atoms with Crippen molar-refractivity contribution in [1.29, 1.82) is 0 Å². The van der Waals surface area contributed by atoms with E-state index in [1.807, 2.05) is 43.7 Å². The van der Waals surface area contributed by atoms with Crippen LogP contribution >= 0.6 is 0 Å². The first-order valence-corrected chi connectivity index (χ1v) is 8.08. The van der Waals surface area contributed by atoms with E-state index in [1.54, 1.807) is 12.4 Å². The summed E-state index contributed by atoms with van der Waals surface area (Å²) in [4.78, 5) is 24.8. The molecule has 0 radical (unpaired) electrons. The van der Waals surface area contributed by atoms with Crippen LogP contribution in [0, 0.1) is 13.8 Å². The second-order valence-corrected chi connectivity index (χ2v) is 5.97. The van der Waals surface area contributed by atoms with Crippen LogP contribution in [0.5, 0.6) is 0 Å². The largest absolute Gasteiger partial charge is 0.350 e. The van der Waals surface area contributed by atoms with E-state index in [0.29, 0.717) is 17.9 Å². The highest BCUT2D eigenvalue weighted by Gasteiger charge is 2.13. The zero-order valence-electron chi connectivity index (χ0n) is 14.5. The van der Waals surface area contributed by atoms with Crippen LogP contribution in [0.3, 0.4) is 0 Å². The van der Waals surface area contributed by atoms with E-state index >= 15 is 0 Å². The van der Waals surface area contributed by atoms with Gasteiger partial charge in [-0.15, -0.1) is 0 Å². The Bertz CT molecular complexity index is 857. The number of nitrogens with one attached hydrogen (secondary N) is 1. The van der Waals surface area contributed by atoms with Gasteiger partial charge >= 0.3 is 0 Å². The molecule has 0 aliphatic carbocycles. The van der Waals surface area contributed by atoms with E-state index in [1.165, 1.54) is 12.4 Å². The Labute approximate surface area is 146 Å². The third kappa shape index (κ3) is 3.88. The fraction of sp³-hybridized carbons (Fsp3) is 0.278. The monoisotopic (exact) mass is 336 g/mol. The summed E-state index contributed by atoms with van der Waals surface area (Å²) in [5.74, 6) is 0.340. The molecular weight excluding hydrogens is 316 g/mol. The van der Waals surface area contributed by atoms with Gasteiger partial charge in [-0.25, -0.2) is 9.97 Å². The van der Waals surface area contributed by atoms with Gasteiger partial charge in [0.2, 0.25) is 0 Å². The van der Waals surface area contributed by atoms with Gasteiger partial charge in [0.05, 0.1) is 17.3 Å². The van der Waals surface area contributed by atoms with Crippen LogP contribution in [0.4, 0.5) is 0 Å². The molecule has 0 aliphatic rings. The molecular formula is C18H20N6O. The molecule has 0 fully saturated rings. The lowest BCUT2D eigenvalue weighted by molar-refractivity contribution is 0.0947. The molecule has 3 rings (SSSR count). The predicted molar refractivity (Wildman–Crippen MR) is 94.0 cm³/mol. The Kier molecular flexibility index (Phi) is 4.83. The first-order valence-electron chi connectivity index (χ1n) is 8.08. The highest BCUT2D eigenvalue weighted by Crippen LogP contribution is 2.12. The molecule has 0 saturated heterocycles. The van der Waals surface area contributed by atoms with E-state index in [4.69, 9.17) is 0 Å². The molecule has 1 amide bonds. The average Bonchev–Trinajstić information content (AvgIpc) is 2.98. The maximum absolute atomic E-state index is 12.3. The molecule has 0 unspecified atom stereocenters. The minimum Gasteiger partial charge on any atom is -0.350 e. The Hall–Kier alpha value is -3.09. The average molecular weight is 336 g/mol. The maximum atomic E-state index is 12.3. The number of nitrogens with zero attached hydrogens (tertiary/aromatic N) is 5. The van der Waals surface area contributed by atoms with Gasteiger partial charge in [-0.2, -0.15) is 5.10 Å². The van der Waals surface area contributed by atoms with Gasteiger partial charge in [0.15, 0.2) is 5.82 Å². The Morgan fingerprint density at radius 1 is 1.24 bits per heavy atom. The molecule has 1 atom stereocenters. The van der Waals surface area contributed by atoms with E-state index in [2.05, 4.69) is 25.4 Å². The molecule has 3 aromatic heterocycles. The molecule has 128 valence electrons. The number of pyridine rings is 1. The van der Waals surface area contributed by atoms with Gasteiger partial charge < -0.3 is 5.32 Å². The van der Waals surface area contributed by atoms with Gasteiger partial charge in [-0.1, -0.05) is 0 Å². The zero-order valence-corrected chi connectivity index (χ0v) is 14.5. The van der Waals surface area contributed by atoms with Gasteiger partial charge in [-0.3, -0.25) is 14.5 Å². The van der Waals surface area contributed by atoms with Crippen LogP contribution in [0.15, 0.2) is 43.0 Å². The maximum Gasteiger partial charge on any atom is 0.254 e. The number of carbonyl (C=O) groups is 1. The molecule has 1 N–H and O–H groups in total. The fourth-order valence-corrected chi connectivity index (χ4v) is 2.61. The fourth-order valence-electron chi connectivity index (χ4n) is 2.61. The standard InChI is InChI=1S/C18H20N6O/c1-12-7-13(2)24(23-12)14(3)8-22-18(25)16-10-20-17(21-11-16)15-5-4-6-19-9-15/h4-7,9-11,14H,8H2,1-3H3,(H,22,25)/t14-/m1/s1. The first kappa shape index (κ1) is 16.8. The number of rotatable bonds is 5. The Balaban J connectivity index is 1.62. The summed E-state index contributed by atoms with van der Waals surface area (Å²) in [5.41, 5.74) is 3.28. The number of carbonyl (C=O) groups excluding carboxylic acids is 1. The summed E-state index contributed by atoms with van der Waals surface area (Å²) in [5, 5.41) is 7.34. The summed E-state index contributed by atoms with van der Waals surface area (Å²) in [6.07, 6.45) is 6.43. The van der Waals surface area contributed by atoms with Gasteiger partial charge in [0, 0.05) is 42.6 Å². The van der Waals surface area contributed by atoms with Crippen LogP contribution in [-0.2, 0) is 0 Å². The van der Waals surface area contributed by atoms with Gasteiger partial charge in [0.25, 0.3) is 5.91 Å². The Morgan fingerprint density at radius 3 is 2.60 bits per heavy atom. The van der Waals surface area contributed by atoms with Crippen molar-refractivity contribution >= 4 is 5.91 Å².